The zero-order chi connectivity index (χ0) is 18.9. The third-order valence-electron chi connectivity index (χ3n) is 4.15. The van der Waals surface area contributed by atoms with Crippen molar-refractivity contribution in [3.05, 3.63) is 53.3 Å². The van der Waals surface area contributed by atoms with Crippen LogP contribution in [0.15, 0.2) is 41.3 Å². The molecule has 0 unspecified atom stereocenters. The highest BCUT2D eigenvalue weighted by Crippen LogP contribution is 2.28. The molecule has 0 spiro atoms. The molecule has 0 saturated carbocycles. The number of hydrogen-bond acceptors (Lipinski definition) is 4. The van der Waals surface area contributed by atoms with E-state index < -0.39 is 25.9 Å². The Morgan fingerprint density at radius 2 is 1.54 bits per heavy atom. The Morgan fingerprint density at radius 3 is 2.23 bits per heavy atom. The van der Waals surface area contributed by atoms with Crippen molar-refractivity contribution in [2.45, 2.75) is 30.6 Å². The maximum absolute atomic E-state index is 13.6. The van der Waals surface area contributed by atoms with Crippen LogP contribution in [-0.2, 0) is 32.9 Å². The van der Waals surface area contributed by atoms with Gasteiger partial charge in [0, 0.05) is 6.07 Å². The average Bonchev–Trinajstić information content (AvgIpc) is 2.55. The summed E-state index contributed by atoms with van der Waals surface area (Å²) in [5, 5.41) is 0. The average molecular weight is 398 g/mol. The zero-order valence-electron chi connectivity index (χ0n) is 14.1. The molecular formula is C17H19FN2O4S2. The molecule has 0 aliphatic heterocycles. The summed E-state index contributed by atoms with van der Waals surface area (Å²) in [5.74, 6) is -0.688. The Labute approximate surface area is 152 Å². The summed E-state index contributed by atoms with van der Waals surface area (Å²) >= 11 is 0. The molecule has 0 bridgehead atoms. The van der Waals surface area contributed by atoms with Crippen LogP contribution in [0.5, 0.6) is 0 Å². The Bertz CT molecular complexity index is 1050. The van der Waals surface area contributed by atoms with Gasteiger partial charge < -0.3 is 0 Å². The fraction of sp³-hybridized carbons (Fsp3) is 0.294. The largest absolute Gasteiger partial charge is 0.282 e. The van der Waals surface area contributed by atoms with Gasteiger partial charge in [0.25, 0.3) is 10.0 Å². The van der Waals surface area contributed by atoms with Crippen LogP contribution in [-0.4, -0.2) is 23.1 Å². The van der Waals surface area contributed by atoms with E-state index in [9.17, 15) is 21.2 Å². The second kappa shape index (κ2) is 6.88. The molecule has 0 radical (unpaired) electrons. The molecule has 6 nitrogen and oxygen atoms in total. The van der Waals surface area contributed by atoms with Crippen LogP contribution in [0.4, 0.5) is 15.8 Å². The van der Waals surface area contributed by atoms with Crippen LogP contribution in [0.25, 0.3) is 0 Å². The van der Waals surface area contributed by atoms with Crippen molar-refractivity contribution in [2.75, 3.05) is 15.7 Å². The van der Waals surface area contributed by atoms with Gasteiger partial charge in [-0.15, -0.1) is 0 Å². The van der Waals surface area contributed by atoms with Gasteiger partial charge in [0.15, 0.2) is 0 Å². The molecule has 1 aliphatic rings. The summed E-state index contributed by atoms with van der Waals surface area (Å²) in [7, 11) is -7.65. The second-order valence-electron chi connectivity index (χ2n) is 6.31. The molecule has 0 heterocycles. The molecule has 140 valence electrons. The van der Waals surface area contributed by atoms with Crippen molar-refractivity contribution in [2.24, 2.45) is 0 Å². The predicted octanol–water partition coefficient (Wildman–Crippen LogP) is 2.88. The van der Waals surface area contributed by atoms with Crippen molar-refractivity contribution >= 4 is 31.4 Å². The lowest BCUT2D eigenvalue weighted by Crippen LogP contribution is -2.17. The van der Waals surface area contributed by atoms with Gasteiger partial charge in [0.2, 0.25) is 10.0 Å². The van der Waals surface area contributed by atoms with Crippen LogP contribution in [0, 0.1) is 5.82 Å². The number of rotatable bonds is 5. The fourth-order valence-electron chi connectivity index (χ4n) is 2.97. The van der Waals surface area contributed by atoms with E-state index in [0.29, 0.717) is 0 Å². The van der Waals surface area contributed by atoms with Crippen LogP contribution in [0.3, 0.4) is 0 Å². The molecule has 26 heavy (non-hydrogen) atoms. The summed E-state index contributed by atoms with van der Waals surface area (Å²) in [4.78, 5) is 0.0627. The van der Waals surface area contributed by atoms with E-state index in [1.54, 1.807) is 12.1 Å². The topological polar surface area (TPSA) is 92.3 Å². The Morgan fingerprint density at radius 1 is 0.846 bits per heavy atom. The van der Waals surface area contributed by atoms with Crippen molar-refractivity contribution in [1.82, 2.24) is 0 Å². The van der Waals surface area contributed by atoms with E-state index in [1.807, 2.05) is 0 Å². The van der Waals surface area contributed by atoms with Crippen molar-refractivity contribution in [3.8, 4) is 0 Å². The lowest BCUT2D eigenvalue weighted by Gasteiger charge is -2.18. The molecule has 0 saturated heterocycles. The minimum Gasteiger partial charge on any atom is -0.282 e. The van der Waals surface area contributed by atoms with E-state index in [-0.39, 0.29) is 16.3 Å². The first-order valence-electron chi connectivity index (χ1n) is 8.06. The monoisotopic (exact) mass is 398 g/mol. The quantitative estimate of drug-likeness (QED) is 0.810. The molecular weight excluding hydrogens is 379 g/mol. The van der Waals surface area contributed by atoms with Gasteiger partial charge in [-0.3, -0.25) is 9.44 Å². The summed E-state index contributed by atoms with van der Waals surface area (Å²) < 4.78 is 66.3. The molecule has 2 aromatic carbocycles. The number of sulfonamides is 2. The smallest absolute Gasteiger partial charge is 0.261 e. The molecule has 0 fully saturated rings. The van der Waals surface area contributed by atoms with E-state index >= 15 is 0 Å². The number of halogens is 1. The molecule has 2 aromatic rings. The number of aryl methyl sites for hydroxylation is 2. The number of benzene rings is 2. The fourth-order valence-corrected chi connectivity index (χ4v) is 4.67. The highest BCUT2D eigenvalue weighted by atomic mass is 32.2. The first kappa shape index (κ1) is 18.7. The highest BCUT2D eigenvalue weighted by molar-refractivity contribution is 7.93. The molecule has 3 rings (SSSR count). The second-order valence-corrected chi connectivity index (χ2v) is 9.74. The van der Waals surface area contributed by atoms with Gasteiger partial charge in [0.1, 0.15) is 5.82 Å². The van der Waals surface area contributed by atoms with Crippen molar-refractivity contribution in [3.63, 3.8) is 0 Å². The maximum atomic E-state index is 13.6. The van der Waals surface area contributed by atoms with Crippen LogP contribution < -0.4 is 9.44 Å². The first-order chi connectivity index (χ1) is 12.1. The van der Waals surface area contributed by atoms with Gasteiger partial charge in [-0.05, 0) is 61.1 Å². The minimum atomic E-state index is -3.99. The summed E-state index contributed by atoms with van der Waals surface area (Å²) in [6.45, 7) is 0. The highest BCUT2D eigenvalue weighted by Gasteiger charge is 2.20. The van der Waals surface area contributed by atoms with E-state index in [2.05, 4.69) is 9.44 Å². The zero-order valence-corrected chi connectivity index (χ0v) is 15.8. The molecule has 1 aliphatic carbocycles. The minimum absolute atomic E-state index is 0.0459. The lowest BCUT2D eigenvalue weighted by molar-refractivity contribution is 0.599. The van der Waals surface area contributed by atoms with Gasteiger partial charge >= 0.3 is 0 Å². The summed E-state index contributed by atoms with van der Waals surface area (Å²) in [6.07, 6.45) is 4.77. The number of hydrogen-bond donors (Lipinski definition) is 2. The third-order valence-corrected chi connectivity index (χ3v) is 6.11. The Hall–Kier alpha value is -2.13. The van der Waals surface area contributed by atoms with Crippen molar-refractivity contribution < 1.29 is 21.2 Å². The SMILES string of the molecule is CS(=O)(=O)Nc1ccc(F)cc1NS(=O)(=O)c1ccc2c(c1)CCCC2. The van der Waals surface area contributed by atoms with Crippen LogP contribution in [0.2, 0.25) is 0 Å². The maximum Gasteiger partial charge on any atom is 0.261 e. The van der Waals surface area contributed by atoms with Gasteiger partial charge in [-0.2, -0.15) is 0 Å². The van der Waals surface area contributed by atoms with Gasteiger partial charge in [-0.25, -0.2) is 21.2 Å². The van der Waals surface area contributed by atoms with Crippen molar-refractivity contribution in [1.29, 1.82) is 0 Å². The number of nitrogens with one attached hydrogen (secondary N) is 2. The third kappa shape index (κ3) is 4.34. The van der Waals surface area contributed by atoms with Crippen LogP contribution in [0.1, 0.15) is 24.0 Å². The molecule has 0 amide bonds. The summed E-state index contributed by atoms with van der Waals surface area (Å²) in [5.41, 5.74) is 1.91. The van der Waals surface area contributed by atoms with E-state index in [0.717, 1.165) is 55.2 Å². The Balaban J connectivity index is 1.96. The lowest BCUT2D eigenvalue weighted by atomic mass is 9.92. The molecule has 0 aromatic heterocycles. The van der Waals surface area contributed by atoms with Crippen LogP contribution >= 0.6 is 0 Å². The molecule has 9 heteroatoms. The number of fused-ring (bicyclic) bond motifs is 1. The summed E-state index contributed by atoms with van der Waals surface area (Å²) in [6, 6.07) is 8.08. The number of anilines is 2. The van der Waals surface area contributed by atoms with E-state index in [4.69, 9.17) is 0 Å². The standard InChI is InChI=1S/C17H19FN2O4S2/c1-25(21,22)19-16-9-7-14(18)11-17(16)20-26(23,24)15-8-6-12-4-2-3-5-13(12)10-15/h6-11,19-20H,2-5H2,1H3. The Kier molecular flexibility index (Phi) is 4.94. The molecule has 2 N–H and O–H groups in total. The predicted molar refractivity (Wildman–Crippen MR) is 98.8 cm³/mol. The van der Waals surface area contributed by atoms with E-state index in [1.165, 1.54) is 12.1 Å². The normalized spacial score (nSPS) is 14.5. The molecule has 0 atom stereocenters. The van der Waals surface area contributed by atoms with Gasteiger partial charge in [-0.1, -0.05) is 6.07 Å². The van der Waals surface area contributed by atoms with Gasteiger partial charge in [0.05, 0.1) is 22.5 Å². The first-order valence-corrected chi connectivity index (χ1v) is 11.4.